The molecule has 2 aromatic heterocycles. The number of hydrogen-bond donors (Lipinski definition) is 1. The Morgan fingerprint density at radius 1 is 1.33 bits per heavy atom. The zero-order chi connectivity index (χ0) is 16.9. The second kappa shape index (κ2) is 7.69. The van der Waals surface area contributed by atoms with E-state index in [2.05, 4.69) is 10.3 Å². The van der Waals surface area contributed by atoms with Gasteiger partial charge in [0.25, 0.3) is 5.91 Å². The average molecular weight is 376 g/mol. The molecule has 0 spiro atoms. The monoisotopic (exact) mass is 375 g/mol. The number of aromatic nitrogens is 1. The minimum absolute atomic E-state index is 0.149. The van der Waals surface area contributed by atoms with Crippen LogP contribution in [0.15, 0.2) is 46.8 Å². The van der Waals surface area contributed by atoms with E-state index < -0.39 is 0 Å². The Balaban J connectivity index is 1.58. The summed E-state index contributed by atoms with van der Waals surface area (Å²) in [6, 6.07) is 9.15. The van der Waals surface area contributed by atoms with Crippen LogP contribution in [0.5, 0.6) is 0 Å². The third-order valence-electron chi connectivity index (χ3n) is 3.18. The topological polar surface area (TPSA) is 62.3 Å². The fourth-order valence-corrected chi connectivity index (χ4v) is 4.08. The van der Waals surface area contributed by atoms with Gasteiger partial charge in [0.2, 0.25) is 5.91 Å². The van der Waals surface area contributed by atoms with Crippen molar-refractivity contribution in [2.24, 2.45) is 0 Å². The molecule has 0 unspecified atom stereocenters. The maximum atomic E-state index is 12.4. The number of carbonyl (C=O) groups is 2. The van der Waals surface area contributed by atoms with Crippen LogP contribution in [0, 0.1) is 0 Å². The van der Waals surface area contributed by atoms with Gasteiger partial charge in [-0.3, -0.25) is 14.5 Å². The highest BCUT2D eigenvalue weighted by Gasteiger charge is 2.32. The smallest absolute Gasteiger partial charge is 0.266 e. The number of thioether (sulfide) groups is 1. The van der Waals surface area contributed by atoms with Crippen LogP contribution >= 0.6 is 35.3 Å². The number of carbonyl (C=O) groups excluding carboxylic acids is 2. The van der Waals surface area contributed by atoms with Crippen LogP contribution in [0.4, 0.5) is 5.82 Å². The third kappa shape index (κ3) is 4.08. The maximum absolute atomic E-state index is 12.4. The first kappa shape index (κ1) is 16.8. The van der Waals surface area contributed by atoms with E-state index in [9.17, 15) is 9.59 Å². The van der Waals surface area contributed by atoms with Crippen molar-refractivity contribution in [3.8, 4) is 0 Å². The van der Waals surface area contributed by atoms with Crippen LogP contribution in [-0.2, 0) is 9.59 Å². The Morgan fingerprint density at radius 3 is 2.92 bits per heavy atom. The summed E-state index contributed by atoms with van der Waals surface area (Å²) in [6.07, 6.45) is 3.60. The molecule has 1 aliphatic rings. The quantitative estimate of drug-likeness (QED) is 0.641. The van der Waals surface area contributed by atoms with Crippen molar-refractivity contribution in [3.05, 3.63) is 51.7 Å². The second-order valence-electron chi connectivity index (χ2n) is 4.86. The first-order chi connectivity index (χ1) is 11.6. The minimum atomic E-state index is -0.204. The summed E-state index contributed by atoms with van der Waals surface area (Å²) in [5, 5.41) is 4.64. The van der Waals surface area contributed by atoms with Crippen molar-refractivity contribution in [1.29, 1.82) is 0 Å². The molecule has 5 nitrogen and oxygen atoms in total. The van der Waals surface area contributed by atoms with Crippen LogP contribution in [0.25, 0.3) is 6.08 Å². The summed E-state index contributed by atoms with van der Waals surface area (Å²) in [5.41, 5.74) is 0. The molecule has 1 N–H and O–H groups in total. The molecular weight excluding hydrogens is 362 g/mol. The third-order valence-corrected chi connectivity index (χ3v) is 5.38. The lowest BCUT2D eigenvalue weighted by Gasteiger charge is -2.13. The van der Waals surface area contributed by atoms with Gasteiger partial charge in [0.1, 0.15) is 10.1 Å². The molecule has 1 aliphatic heterocycles. The van der Waals surface area contributed by atoms with Crippen LogP contribution in [0.3, 0.4) is 0 Å². The van der Waals surface area contributed by atoms with Gasteiger partial charge in [-0.15, -0.1) is 11.3 Å². The van der Waals surface area contributed by atoms with Gasteiger partial charge >= 0.3 is 0 Å². The van der Waals surface area contributed by atoms with E-state index in [1.807, 2.05) is 23.6 Å². The standard InChI is InChI=1S/C16H13N3O2S3/c20-14(18-13-5-1-2-7-17-13)6-8-19-15(21)12(24-16(19)22)10-11-4-3-9-23-11/h1-5,7,9-10H,6,8H2,(H,17,18,20)/b12-10-. The number of amides is 2. The predicted octanol–water partition coefficient (Wildman–Crippen LogP) is 3.37. The Morgan fingerprint density at radius 2 is 2.21 bits per heavy atom. The van der Waals surface area contributed by atoms with E-state index >= 15 is 0 Å². The Bertz CT molecular complexity index is 788. The summed E-state index contributed by atoms with van der Waals surface area (Å²) in [7, 11) is 0. The van der Waals surface area contributed by atoms with Crippen LogP contribution in [0.2, 0.25) is 0 Å². The van der Waals surface area contributed by atoms with E-state index in [4.69, 9.17) is 12.2 Å². The van der Waals surface area contributed by atoms with Crippen molar-refractivity contribution >= 4 is 63.3 Å². The van der Waals surface area contributed by atoms with E-state index in [0.717, 1.165) is 4.88 Å². The van der Waals surface area contributed by atoms with E-state index in [1.165, 1.54) is 16.7 Å². The van der Waals surface area contributed by atoms with Gasteiger partial charge in [-0.25, -0.2) is 4.98 Å². The zero-order valence-electron chi connectivity index (χ0n) is 12.5. The molecular formula is C16H13N3O2S3. The average Bonchev–Trinajstić information content (AvgIpc) is 3.16. The number of anilines is 1. The largest absolute Gasteiger partial charge is 0.311 e. The molecule has 0 bridgehead atoms. The Kier molecular flexibility index (Phi) is 5.39. The number of thiocarbonyl (C=S) groups is 1. The van der Waals surface area contributed by atoms with Crippen LogP contribution in [-0.4, -0.2) is 32.6 Å². The molecule has 2 aromatic rings. The molecule has 3 heterocycles. The molecule has 24 heavy (non-hydrogen) atoms. The molecule has 0 aromatic carbocycles. The molecule has 0 aliphatic carbocycles. The summed E-state index contributed by atoms with van der Waals surface area (Å²) < 4.78 is 0.480. The zero-order valence-corrected chi connectivity index (χ0v) is 14.9. The highest BCUT2D eigenvalue weighted by atomic mass is 32.2. The highest BCUT2D eigenvalue weighted by molar-refractivity contribution is 8.26. The predicted molar refractivity (Wildman–Crippen MR) is 102 cm³/mol. The second-order valence-corrected chi connectivity index (χ2v) is 7.52. The van der Waals surface area contributed by atoms with E-state index in [-0.39, 0.29) is 24.8 Å². The van der Waals surface area contributed by atoms with Gasteiger partial charge in [-0.2, -0.15) is 0 Å². The fourth-order valence-electron chi connectivity index (χ4n) is 2.05. The number of rotatable bonds is 5. The summed E-state index contributed by atoms with van der Waals surface area (Å²) in [6.45, 7) is 0.255. The van der Waals surface area contributed by atoms with Crippen LogP contribution in [0.1, 0.15) is 11.3 Å². The highest BCUT2D eigenvalue weighted by Crippen LogP contribution is 2.33. The Labute approximate surface area is 152 Å². The van der Waals surface area contributed by atoms with Gasteiger partial charge in [0, 0.05) is 24.0 Å². The first-order valence-electron chi connectivity index (χ1n) is 7.13. The maximum Gasteiger partial charge on any atom is 0.266 e. The summed E-state index contributed by atoms with van der Waals surface area (Å²) in [4.78, 5) is 31.5. The van der Waals surface area contributed by atoms with Gasteiger partial charge in [0.15, 0.2) is 0 Å². The van der Waals surface area contributed by atoms with E-state index in [0.29, 0.717) is 15.0 Å². The van der Waals surface area contributed by atoms with Crippen molar-refractivity contribution in [1.82, 2.24) is 9.88 Å². The molecule has 0 radical (unpaired) electrons. The van der Waals surface area contributed by atoms with E-state index in [1.54, 1.807) is 35.7 Å². The molecule has 0 saturated carbocycles. The number of nitrogens with zero attached hydrogens (tertiary/aromatic N) is 2. The van der Waals surface area contributed by atoms with Gasteiger partial charge in [-0.05, 0) is 29.7 Å². The molecule has 1 saturated heterocycles. The number of pyridine rings is 1. The van der Waals surface area contributed by atoms with Crippen molar-refractivity contribution in [2.45, 2.75) is 6.42 Å². The normalized spacial score (nSPS) is 16.0. The molecule has 0 atom stereocenters. The van der Waals surface area contributed by atoms with Crippen LogP contribution < -0.4 is 5.32 Å². The molecule has 122 valence electrons. The van der Waals surface area contributed by atoms with Gasteiger partial charge in [-0.1, -0.05) is 36.1 Å². The number of hydrogen-bond acceptors (Lipinski definition) is 6. The first-order valence-corrected chi connectivity index (χ1v) is 9.24. The van der Waals surface area contributed by atoms with Crippen molar-refractivity contribution in [3.63, 3.8) is 0 Å². The van der Waals surface area contributed by atoms with Crippen molar-refractivity contribution < 1.29 is 9.59 Å². The van der Waals surface area contributed by atoms with Gasteiger partial charge in [0.05, 0.1) is 4.91 Å². The lowest BCUT2D eigenvalue weighted by molar-refractivity contribution is -0.122. The molecule has 3 rings (SSSR count). The molecule has 1 fully saturated rings. The SMILES string of the molecule is O=C(CCN1C(=O)/C(=C/c2cccs2)SC1=S)Nc1ccccn1. The lowest BCUT2D eigenvalue weighted by atomic mass is 10.3. The minimum Gasteiger partial charge on any atom is -0.311 e. The number of nitrogens with one attached hydrogen (secondary N) is 1. The lowest BCUT2D eigenvalue weighted by Crippen LogP contribution is -2.31. The van der Waals surface area contributed by atoms with Gasteiger partial charge < -0.3 is 5.32 Å². The summed E-state index contributed by atoms with van der Waals surface area (Å²) in [5.74, 6) is 0.138. The fraction of sp³-hybridized carbons (Fsp3) is 0.125. The number of thiophene rings is 1. The molecule has 8 heteroatoms. The van der Waals surface area contributed by atoms with Crippen molar-refractivity contribution in [2.75, 3.05) is 11.9 Å². The summed E-state index contributed by atoms with van der Waals surface area (Å²) >= 11 is 8.08. The Hall–Kier alpha value is -2.03. The molecule has 2 amide bonds.